The van der Waals surface area contributed by atoms with E-state index in [2.05, 4.69) is 5.32 Å². The van der Waals surface area contributed by atoms with E-state index in [1.54, 1.807) is 6.92 Å². The molecular weight excluding hydrogens is 362 g/mol. The predicted octanol–water partition coefficient (Wildman–Crippen LogP) is 1.45. The van der Waals surface area contributed by atoms with Crippen molar-refractivity contribution in [3.8, 4) is 0 Å². The molecule has 1 N–H and O–H groups in total. The summed E-state index contributed by atoms with van der Waals surface area (Å²) in [5.41, 5.74) is -0.440. The average Bonchev–Trinajstić information content (AvgIpc) is 2.61. The number of rotatable bonds is 6. The smallest absolute Gasteiger partial charge is 0.338 e. The zero-order chi connectivity index (χ0) is 19.5. The lowest BCUT2D eigenvalue weighted by Gasteiger charge is -2.31. The molecule has 1 aromatic rings. The number of sulfonamides is 1. The summed E-state index contributed by atoms with van der Waals surface area (Å²) >= 11 is 0. The Balaban J connectivity index is 2.47. The topological polar surface area (TPSA) is 119 Å². The number of carbonyl (C=O) groups excluding carboxylic acids is 1. The number of nitrogens with zero attached hydrogens (tertiary/aromatic N) is 2. The molecule has 0 radical (unpaired) electrons. The molecule has 0 atom stereocenters. The standard InChI is InChI=1S/C16H23N3O6S/c1-4-25-16(20)14-9-13(10-15(11(14)2)19(21)22)26(23,24)18-7-5-12(17-3)6-8-18/h9-10,12,17H,4-8H2,1-3H3. The van der Waals surface area contributed by atoms with E-state index in [0.717, 1.165) is 6.07 Å². The molecule has 10 heteroatoms. The third-order valence-corrected chi connectivity index (χ3v) is 6.42. The first-order chi connectivity index (χ1) is 12.2. The Labute approximate surface area is 152 Å². The number of nitro groups is 1. The molecule has 26 heavy (non-hydrogen) atoms. The summed E-state index contributed by atoms with van der Waals surface area (Å²) in [5, 5.41) is 14.4. The summed E-state index contributed by atoms with van der Waals surface area (Å²) in [6.07, 6.45) is 1.29. The van der Waals surface area contributed by atoms with Gasteiger partial charge in [0, 0.05) is 30.8 Å². The Hall–Kier alpha value is -2.04. The van der Waals surface area contributed by atoms with E-state index in [0.29, 0.717) is 25.9 Å². The molecule has 1 fully saturated rings. The quantitative estimate of drug-likeness (QED) is 0.447. The predicted molar refractivity (Wildman–Crippen MR) is 94.6 cm³/mol. The number of nitrogens with one attached hydrogen (secondary N) is 1. The van der Waals surface area contributed by atoms with Gasteiger partial charge in [-0.3, -0.25) is 10.1 Å². The number of esters is 1. The minimum Gasteiger partial charge on any atom is -0.462 e. The maximum absolute atomic E-state index is 12.9. The molecule has 0 spiro atoms. The molecule has 0 aromatic heterocycles. The summed E-state index contributed by atoms with van der Waals surface area (Å²) in [5.74, 6) is -0.779. The van der Waals surface area contributed by atoms with Gasteiger partial charge in [0.05, 0.1) is 22.0 Å². The Morgan fingerprint density at radius 3 is 2.50 bits per heavy atom. The fourth-order valence-electron chi connectivity index (χ4n) is 2.97. The van der Waals surface area contributed by atoms with Crippen molar-refractivity contribution >= 4 is 21.7 Å². The number of hydrogen-bond acceptors (Lipinski definition) is 7. The highest BCUT2D eigenvalue weighted by molar-refractivity contribution is 7.89. The van der Waals surface area contributed by atoms with E-state index in [-0.39, 0.29) is 28.7 Å². The SMILES string of the molecule is CCOC(=O)c1cc(S(=O)(=O)N2CCC(NC)CC2)cc([N+](=O)[O-])c1C. The van der Waals surface area contributed by atoms with Crippen LogP contribution in [0.3, 0.4) is 0 Å². The van der Waals surface area contributed by atoms with Crippen LogP contribution in [0.5, 0.6) is 0 Å². The molecule has 0 aliphatic carbocycles. The number of nitro benzene ring substituents is 1. The molecule has 1 heterocycles. The van der Waals surface area contributed by atoms with Crippen LogP contribution in [-0.4, -0.2) is 56.4 Å². The molecule has 2 rings (SSSR count). The lowest BCUT2D eigenvalue weighted by molar-refractivity contribution is -0.385. The number of piperidine rings is 1. The Kier molecular flexibility index (Phi) is 6.32. The van der Waals surface area contributed by atoms with Gasteiger partial charge in [-0.05, 0) is 39.8 Å². The van der Waals surface area contributed by atoms with Crippen molar-refractivity contribution in [2.45, 2.75) is 37.6 Å². The van der Waals surface area contributed by atoms with Gasteiger partial charge in [-0.25, -0.2) is 13.2 Å². The first kappa shape index (κ1) is 20.3. The van der Waals surface area contributed by atoms with Crippen LogP contribution >= 0.6 is 0 Å². The van der Waals surface area contributed by atoms with Crippen molar-refractivity contribution in [1.82, 2.24) is 9.62 Å². The number of carbonyl (C=O) groups is 1. The van der Waals surface area contributed by atoms with Gasteiger partial charge in [-0.2, -0.15) is 4.31 Å². The van der Waals surface area contributed by atoms with Crippen molar-refractivity contribution in [1.29, 1.82) is 0 Å². The Morgan fingerprint density at radius 1 is 1.38 bits per heavy atom. The fraction of sp³-hybridized carbons (Fsp3) is 0.562. The molecule has 0 saturated carbocycles. The van der Waals surface area contributed by atoms with Gasteiger partial charge in [0.15, 0.2) is 0 Å². The van der Waals surface area contributed by atoms with Crippen LogP contribution in [-0.2, 0) is 14.8 Å². The van der Waals surface area contributed by atoms with Crippen molar-refractivity contribution in [3.63, 3.8) is 0 Å². The van der Waals surface area contributed by atoms with Crippen LogP contribution in [0.2, 0.25) is 0 Å². The largest absolute Gasteiger partial charge is 0.462 e. The lowest BCUT2D eigenvalue weighted by Crippen LogP contribution is -2.43. The molecule has 1 aromatic carbocycles. The number of hydrogen-bond donors (Lipinski definition) is 1. The second kappa shape index (κ2) is 8.11. The zero-order valence-corrected chi connectivity index (χ0v) is 15.8. The highest BCUT2D eigenvalue weighted by atomic mass is 32.2. The van der Waals surface area contributed by atoms with Gasteiger partial charge in [-0.15, -0.1) is 0 Å². The normalized spacial score (nSPS) is 16.4. The minimum atomic E-state index is -3.94. The third kappa shape index (κ3) is 4.02. The van der Waals surface area contributed by atoms with Crippen LogP contribution in [0.15, 0.2) is 17.0 Å². The van der Waals surface area contributed by atoms with Crippen molar-refractivity contribution in [3.05, 3.63) is 33.4 Å². The maximum atomic E-state index is 12.9. The molecule has 1 saturated heterocycles. The number of benzene rings is 1. The van der Waals surface area contributed by atoms with Crippen LogP contribution < -0.4 is 5.32 Å². The minimum absolute atomic E-state index is 0.0839. The first-order valence-electron chi connectivity index (χ1n) is 8.36. The average molecular weight is 385 g/mol. The van der Waals surface area contributed by atoms with Crippen molar-refractivity contribution in [2.24, 2.45) is 0 Å². The highest BCUT2D eigenvalue weighted by Crippen LogP contribution is 2.29. The summed E-state index contributed by atoms with van der Waals surface area (Å²) in [6, 6.07) is 2.42. The zero-order valence-electron chi connectivity index (χ0n) is 15.0. The van der Waals surface area contributed by atoms with E-state index in [1.165, 1.54) is 17.3 Å². The van der Waals surface area contributed by atoms with Crippen molar-refractivity contribution < 1.29 is 22.9 Å². The van der Waals surface area contributed by atoms with Gasteiger partial charge in [0.1, 0.15) is 0 Å². The van der Waals surface area contributed by atoms with Crippen molar-refractivity contribution in [2.75, 3.05) is 26.7 Å². The summed E-state index contributed by atoms with van der Waals surface area (Å²) in [7, 11) is -2.12. The summed E-state index contributed by atoms with van der Waals surface area (Å²) < 4.78 is 32.1. The molecule has 0 bridgehead atoms. The van der Waals surface area contributed by atoms with Gasteiger partial charge in [0.2, 0.25) is 10.0 Å². The second-order valence-corrected chi connectivity index (χ2v) is 8.00. The second-order valence-electron chi connectivity index (χ2n) is 6.06. The van der Waals surface area contributed by atoms with Crippen LogP contribution in [0.25, 0.3) is 0 Å². The molecule has 9 nitrogen and oxygen atoms in total. The fourth-order valence-corrected chi connectivity index (χ4v) is 4.48. The van der Waals surface area contributed by atoms with E-state index < -0.39 is 26.6 Å². The maximum Gasteiger partial charge on any atom is 0.338 e. The Bertz CT molecular complexity index is 800. The van der Waals surface area contributed by atoms with E-state index in [9.17, 15) is 23.3 Å². The van der Waals surface area contributed by atoms with Crippen LogP contribution in [0, 0.1) is 17.0 Å². The highest BCUT2D eigenvalue weighted by Gasteiger charge is 2.32. The van der Waals surface area contributed by atoms with Crippen LogP contribution in [0.1, 0.15) is 35.7 Å². The molecule has 1 aliphatic rings. The molecular formula is C16H23N3O6S. The monoisotopic (exact) mass is 385 g/mol. The Morgan fingerprint density at radius 2 is 2.00 bits per heavy atom. The molecule has 0 amide bonds. The molecule has 0 unspecified atom stereocenters. The molecule has 1 aliphatic heterocycles. The third-order valence-electron chi connectivity index (χ3n) is 4.55. The first-order valence-corrected chi connectivity index (χ1v) is 9.80. The van der Waals surface area contributed by atoms with Gasteiger partial charge in [0.25, 0.3) is 5.69 Å². The number of ether oxygens (including phenoxy) is 1. The van der Waals surface area contributed by atoms with Gasteiger partial charge in [-0.1, -0.05) is 0 Å². The summed E-state index contributed by atoms with van der Waals surface area (Å²) in [6.45, 7) is 3.71. The van der Waals surface area contributed by atoms with Gasteiger partial charge < -0.3 is 10.1 Å². The molecule has 144 valence electrons. The van der Waals surface area contributed by atoms with E-state index >= 15 is 0 Å². The summed E-state index contributed by atoms with van der Waals surface area (Å²) in [4.78, 5) is 22.5. The van der Waals surface area contributed by atoms with E-state index in [4.69, 9.17) is 4.74 Å². The van der Waals surface area contributed by atoms with Crippen LogP contribution in [0.4, 0.5) is 5.69 Å². The van der Waals surface area contributed by atoms with Gasteiger partial charge >= 0.3 is 5.97 Å². The van der Waals surface area contributed by atoms with E-state index in [1.807, 2.05) is 7.05 Å². The lowest BCUT2D eigenvalue weighted by atomic mass is 10.1.